The molecule has 2 N–H and O–H groups in total. The SMILES string of the molecule is Cc1cccc(CCOc2cc[nH]c(=O)c2-c2cc3ccccc3[nH]2)c1. The van der Waals surface area contributed by atoms with Gasteiger partial charge < -0.3 is 14.7 Å². The predicted molar refractivity (Wildman–Crippen MR) is 105 cm³/mol. The van der Waals surface area contributed by atoms with Crippen LogP contribution in [0.15, 0.2) is 71.7 Å². The van der Waals surface area contributed by atoms with Gasteiger partial charge in [0, 0.05) is 23.5 Å². The molecular weight excluding hydrogens is 324 g/mol. The van der Waals surface area contributed by atoms with E-state index in [0.29, 0.717) is 17.9 Å². The highest BCUT2D eigenvalue weighted by molar-refractivity contribution is 5.86. The van der Waals surface area contributed by atoms with Crippen LogP contribution in [0, 0.1) is 6.92 Å². The molecule has 2 heterocycles. The molecule has 0 aliphatic heterocycles. The smallest absolute Gasteiger partial charge is 0.261 e. The van der Waals surface area contributed by atoms with Gasteiger partial charge in [0.25, 0.3) is 5.56 Å². The number of H-pyrrole nitrogens is 2. The van der Waals surface area contributed by atoms with Crippen molar-refractivity contribution in [1.82, 2.24) is 9.97 Å². The first kappa shape index (κ1) is 16.2. The summed E-state index contributed by atoms with van der Waals surface area (Å²) < 4.78 is 5.97. The van der Waals surface area contributed by atoms with Crippen molar-refractivity contribution in [3.05, 3.63) is 88.3 Å². The van der Waals surface area contributed by atoms with Gasteiger partial charge in [-0.25, -0.2) is 0 Å². The number of ether oxygens (including phenoxy) is 1. The Bertz CT molecular complexity index is 1080. The molecule has 0 aliphatic carbocycles. The van der Waals surface area contributed by atoms with E-state index in [2.05, 4.69) is 35.1 Å². The number of rotatable bonds is 5. The Morgan fingerprint density at radius 2 is 1.88 bits per heavy atom. The monoisotopic (exact) mass is 344 g/mol. The zero-order chi connectivity index (χ0) is 17.9. The highest BCUT2D eigenvalue weighted by Gasteiger charge is 2.13. The molecule has 4 rings (SSSR count). The summed E-state index contributed by atoms with van der Waals surface area (Å²) in [6, 6.07) is 20.1. The quantitative estimate of drug-likeness (QED) is 0.562. The van der Waals surface area contributed by atoms with Crippen LogP contribution in [0.4, 0.5) is 0 Å². The highest BCUT2D eigenvalue weighted by Crippen LogP contribution is 2.28. The first-order valence-corrected chi connectivity index (χ1v) is 8.69. The summed E-state index contributed by atoms with van der Waals surface area (Å²) in [5, 5.41) is 1.07. The maximum Gasteiger partial charge on any atom is 0.261 e. The largest absolute Gasteiger partial charge is 0.492 e. The number of nitrogens with one attached hydrogen (secondary N) is 2. The van der Waals surface area contributed by atoms with E-state index in [4.69, 9.17) is 4.74 Å². The van der Waals surface area contributed by atoms with Crippen LogP contribution < -0.4 is 10.3 Å². The van der Waals surface area contributed by atoms with E-state index in [1.165, 1.54) is 11.1 Å². The van der Waals surface area contributed by atoms with E-state index in [1.54, 1.807) is 12.3 Å². The number of aromatic amines is 2. The lowest BCUT2D eigenvalue weighted by molar-refractivity contribution is 0.322. The summed E-state index contributed by atoms with van der Waals surface area (Å²) >= 11 is 0. The molecule has 26 heavy (non-hydrogen) atoms. The van der Waals surface area contributed by atoms with Gasteiger partial charge in [-0.05, 0) is 30.7 Å². The van der Waals surface area contributed by atoms with Crippen molar-refractivity contribution in [2.45, 2.75) is 13.3 Å². The summed E-state index contributed by atoms with van der Waals surface area (Å²) in [7, 11) is 0. The summed E-state index contributed by atoms with van der Waals surface area (Å²) in [5.74, 6) is 0.591. The zero-order valence-corrected chi connectivity index (χ0v) is 14.6. The van der Waals surface area contributed by atoms with Crippen molar-refractivity contribution in [3.63, 3.8) is 0 Å². The van der Waals surface area contributed by atoms with Crippen LogP contribution in [-0.2, 0) is 6.42 Å². The third-order valence-electron chi connectivity index (χ3n) is 4.45. The second kappa shape index (κ2) is 6.92. The van der Waals surface area contributed by atoms with E-state index in [9.17, 15) is 4.79 Å². The van der Waals surface area contributed by atoms with Crippen LogP contribution in [0.3, 0.4) is 0 Å². The van der Waals surface area contributed by atoms with Gasteiger partial charge in [0.05, 0.1) is 12.3 Å². The molecule has 0 unspecified atom stereocenters. The van der Waals surface area contributed by atoms with Crippen LogP contribution in [0.1, 0.15) is 11.1 Å². The molecule has 0 amide bonds. The van der Waals surface area contributed by atoms with Gasteiger partial charge in [0.15, 0.2) is 0 Å². The summed E-state index contributed by atoms with van der Waals surface area (Å²) in [6.07, 6.45) is 2.41. The Kier molecular flexibility index (Phi) is 4.32. The molecule has 130 valence electrons. The fourth-order valence-corrected chi connectivity index (χ4v) is 3.19. The maximum absolute atomic E-state index is 12.4. The Labute approximate surface area is 151 Å². The van der Waals surface area contributed by atoms with Crippen molar-refractivity contribution in [2.75, 3.05) is 6.61 Å². The number of para-hydroxylation sites is 1. The van der Waals surface area contributed by atoms with Gasteiger partial charge in [-0.1, -0.05) is 48.0 Å². The average molecular weight is 344 g/mol. The Morgan fingerprint density at radius 3 is 2.73 bits per heavy atom. The fourth-order valence-electron chi connectivity index (χ4n) is 3.19. The van der Waals surface area contributed by atoms with Crippen molar-refractivity contribution >= 4 is 10.9 Å². The van der Waals surface area contributed by atoms with E-state index < -0.39 is 0 Å². The third-order valence-corrected chi connectivity index (χ3v) is 4.45. The first-order chi connectivity index (χ1) is 12.7. The number of benzene rings is 2. The molecule has 4 aromatic rings. The highest BCUT2D eigenvalue weighted by atomic mass is 16.5. The van der Waals surface area contributed by atoms with Gasteiger partial charge >= 0.3 is 0 Å². The van der Waals surface area contributed by atoms with Crippen LogP contribution in [0.2, 0.25) is 0 Å². The number of hydrogen-bond donors (Lipinski definition) is 2. The van der Waals surface area contributed by atoms with E-state index >= 15 is 0 Å². The Balaban J connectivity index is 1.61. The second-order valence-corrected chi connectivity index (χ2v) is 6.40. The lowest BCUT2D eigenvalue weighted by Gasteiger charge is -2.10. The van der Waals surface area contributed by atoms with Gasteiger partial charge in [-0.15, -0.1) is 0 Å². The molecule has 2 aromatic heterocycles. The molecule has 2 aromatic carbocycles. The average Bonchev–Trinajstić information content (AvgIpc) is 3.05. The van der Waals surface area contributed by atoms with E-state index in [0.717, 1.165) is 23.0 Å². The second-order valence-electron chi connectivity index (χ2n) is 6.40. The van der Waals surface area contributed by atoms with Gasteiger partial charge in [-0.3, -0.25) is 4.79 Å². The summed E-state index contributed by atoms with van der Waals surface area (Å²) in [4.78, 5) is 18.5. The minimum absolute atomic E-state index is 0.162. The number of hydrogen-bond acceptors (Lipinski definition) is 2. The predicted octanol–water partition coefficient (Wildman–Crippen LogP) is 4.45. The zero-order valence-electron chi connectivity index (χ0n) is 14.6. The Hall–Kier alpha value is -3.27. The number of pyridine rings is 1. The number of aryl methyl sites for hydroxylation is 1. The lowest BCUT2D eigenvalue weighted by Crippen LogP contribution is -2.12. The van der Waals surface area contributed by atoms with Gasteiger partial charge in [0.2, 0.25) is 0 Å². The van der Waals surface area contributed by atoms with Crippen molar-refractivity contribution in [1.29, 1.82) is 0 Å². The minimum atomic E-state index is -0.162. The Morgan fingerprint density at radius 1 is 1.00 bits per heavy atom. The van der Waals surface area contributed by atoms with Crippen LogP contribution in [0.25, 0.3) is 22.2 Å². The molecule has 4 heteroatoms. The normalized spacial score (nSPS) is 11.0. The molecule has 0 spiro atoms. The minimum Gasteiger partial charge on any atom is -0.492 e. The van der Waals surface area contributed by atoms with Crippen molar-refractivity contribution in [3.8, 4) is 17.0 Å². The third kappa shape index (κ3) is 3.26. The van der Waals surface area contributed by atoms with Gasteiger partial charge in [0.1, 0.15) is 11.3 Å². The number of fused-ring (bicyclic) bond motifs is 1. The first-order valence-electron chi connectivity index (χ1n) is 8.69. The molecule has 0 bridgehead atoms. The molecule has 0 saturated carbocycles. The van der Waals surface area contributed by atoms with Crippen LogP contribution >= 0.6 is 0 Å². The topological polar surface area (TPSA) is 57.9 Å². The number of aromatic nitrogens is 2. The fraction of sp³-hybridized carbons (Fsp3) is 0.136. The van der Waals surface area contributed by atoms with Crippen molar-refractivity contribution in [2.24, 2.45) is 0 Å². The van der Waals surface area contributed by atoms with Crippen LogP contribution in [-0.4, -0.2) is 16.6 Å². The van der Waals surface area contributed by atoms with E-state index in [-0.39, 0.29) is 5.56 Å². The maximum atomic E-state index is 12.4. The molecule has 0 saturated heterocycles. The standard InChI is InChI=1S/C22H20N2O2/c1-15-5-4-6-16(13-15)10-12-26-20-9-11-23-22(25)21(20)19-14-17-7-2-3-8-18(17)24-19/h2-9,11,13-14,24H,10,12H2,1H3,(H,23,25). The molecule has 0 atom stereocenters. The molecule has 0 radical (unpaired) electrons. The molecule has 0 aliphatic rings. The molecular formula is C22H20N2O2. The van der Waals surface area contributed by atoms with Crippen molar-refractivity contribution < 1.29 is 4.74 Å². The molecule has 0 fully saturated rings. The van der Waals surface area contributed by atoms with E-state index in [1.807, 2.05) is 36.4 Å². The molecule has 4 nitrogen and oxygen atoms in total. The summed E-state index contributed by atoms with van der Waals surface area (Å²) in [5.41, 5.74) is 4.59. The lowest BCUT2D eigenvalue weighted by atomic mass is 10.1. The van der Waals surface area contributed by atoms with Gasteiger partial charge in [-0.2, -0.15) is 0 Å². The van der Waals surface area contributed by atoms with Crippen LogP contribution in [0.5, 0.6) is 5.75 Å². The summed E-state index contributed by atoms with van der Waals surface area (Å²) in [6.45, 7) is 2.59.